The van der Waals surface area contributed by atoms with Gasteiger partial charge < -0.3 is 65.1 Å². The van der Waals surface area contributed by atoms with Crippen LogP contribution in [0.4, 0.5) is 0 Å². The molecule has 2 rings (SSSR count). The second-order valence-electron chi connectivity index (χ2n) is 13.3. The molecule has 1 aliphatic heterocycles. The summed E-state index contributed by atoms with van der Waals surface area (Å²) in [7, 11) is -5.24. The van der Waals surface area contributed by atoms with Crippen molar-refractivity contribution in [1.82, 2.24) is 0 Å². The van der Waals surface area contributed by atoms with Gasteiger partial charge in [-0.2, -0.15) is 0 Å². The van der Waals surface area contributed by atoms with E-state index in [-0.39, 0.29) is 6.42 Å². The van der Waals surface area contributed by atoms with Gasteiger partial charge in [-0.05, 0) is 6.42 Å². The molecule has 2 aliphatic rings. The summed E-state index contributed by atoms with van der Waals surface area (Å²) in [5.41, 5.74) is 0. The highest BCUT2D eigenvalue weighted by molar-refractivity contribution is 7.47. The van der Waals surface area contributed by atoms with E-state index in [1.54, 1.807) is 0 Å². The maximum absolute atomic E-state index is 12.7. The highest BCUT2D eigenvalue weighted by Gasteiger charge is 2.55. The van der Waals surface area contributed by atoms with E-state index < -0.39 is 107 Å². The molecule has 18 heteroatoms. The number of phosphoric acid groups is 1. The monoisotopic (exact) mass is 748 g/mol. The molecular weight excluding hydrogens is 687 g/mol. The zero-order chi connectivity index (χ0) is 37.3. The lowest BCUT2D eigenvalue weighted by atomic mass is 9.84. The molecule has 1 heterocycles. The largest absolute Gasteiger partial charge is 0.472 e. The molecule has 1 aliphatic carbocycles. The number of rotatable bonds is 25. The number of phosphoric ester groups is 1. The van der Waals surface area contributed by atoms with Crippen LogP contribution in [0, 0.1) is 0 Å². The average Bonchev–Trinajstić information content (AvgIpc) is 3.09. The van der Waals surface area contributed by atoms with Gasteiger partial charge >= 0.3 is 13.8 Å². The summed E-state index contributed by atoms with van der Waals surface area (Å²) in [6.45, 7) is -0.0558. The number of aliphatic hydroxyl groups is 9. The molecule has 13 atom stereocenters. The van der Waals surface area contributed by atoms with Crippen molar-refractivity contribution in [2.24, 2.45) is 0 Å². The second-order valence-corrected chi connectivity index (χ2v) is 14.7. The minimum absolute atomic E-state index is 0.138. The maximum atomic E-state index is 12.7. The van der Waals surface area contributed by atoms with Crippen molar-refractivity contribution < 1.29 is 83.5 Å². The van der Waals surface area contributed by atoms with Crippen LogP contribution in [-0.4, -0.2) is 150 Å². The Kier molecular flexibility index (Phi) is 21.5. The van der Waals surface area contributed by atoms with Gasteiger partial charge in [0.25, 0.3) is 0 Å². The third-order valence-electron chi connectivity index (χ3n) is 9.04. The molecule has 0 amide bonds. The molecule has 10 N–H and O–H groups in total. The molecule has 0 spiro atoms. The Labute approximate surface area is 293 Å². The lowest BCUT2D eigenvalue weighted by Crippen LogP contribution is -2.67. The predicted molar refractivity (Wildman–Crippen MR) is 175 cm³/mol. The molecule has 0 radical (unpaired) electrons. The van der Waals surface area contributed by atoms with E-state index in [1.165, 1.54) is 64.2 Å². The molecule has 6 unspecified atom stereocenters. The number of hydrogen-bond donors (Lipinski definition) is 10. The Bertz CT molecular complexity index is 975. The Morgan fingerprint density at radius 2 is 1.16 bits per heavy atom. The lowest BCUT2D eigenvalue weighted by Gasteiger charge is -2.47. The minimum atomic E-state index is -5.24. The van der Waals surface area contributed by atoms with Gasteiger partial charge in [-0.15, -0.1) is 0 Å². The average molecular weight is 749 g/mol. The lowest BCUT2D eigenvalue weighted by molar-refractivity contribution is -0.338. The van der Waals surface area contributed by atoms with Crippen molar-refractivity contribution in [3.8, 4) is 0 Å². The predicted octanol–water partition coefficient (Wildman–Crippen LogP) is -0.0936. The normalized spacial score (nSPS) is 33.5. The van der Waals surface area contributed by atoms with Crippen LogP contribution in [0.15, 0.2) is 0 Å². The van der Waals surface area contributed by atoms with Crippen LogP contribution in [0.5, 0.6) is 0 Å². The summed E-state index contributed by atoms with van der Waals surface area (Å²) >= 11 is 0. The first-order valence-electron chi connectivity index (χ1n) is 17.9. The third kappa shape index (κ3) is 15.2. The number of unbranched alkanes of at least 4 members (excludes halogenated alkanes) is 13. The first-order valence-corrected chi connectivity index (χ1v) is 19.4. The van der Waals surface area contributed by atoms with Gasteiger partial charge in [0.1, 0.15) is 73.8 Å². The number of esters is 1. The van der Waals surface area contributed by atoms with E-state index in [2.05, 4.69) is 6.92 Å². The number of aliphatic hydroxyl groups excluding tert-OH is 9. The van der Waals surface area contributed by atoms with Crippen LogP contribution in [-0.2, 0) is 32.6 Å². The highest BCUT2D eigenvalue weighted by Crippen LogP contribution is 2.47. The summed E-state index contributed by atoms with van der Waals surface area (Å²) in [6.07, 6.45) is -6.75. The summed E-state index contributed by atoms with van der Waals surface area (Å²) < 4.78 is 38.0. The zero-order valence-electron chi connectivity index (χ0n) is 28.9. The van der Waals surface area contributed by atoms with Gasteiger partial charge in [-0.3, -0.25) is 13.8 Å². The molecule has 2 fully saturated rings. The van der Waals surface area contributed by atoms with Crippen molar-refractivity contribution in [2.45, 2.75) is 177 Å². The molecule has 0 aromatic rings. The summed E-state index contributed by atoms with van der Waals surface area (Å²) in [5.74, 6) is -0.563. The van der Waals surface area contributed by atoms with E-state index in [9.17, 15) is 60.2 Å². The van der Waals surface area contributed by atoms with Crippen molar-refractivity contribution in [3.05, 3.63) is 0 Å². The number of hydrogen-bond acceptors (Lipinski definition) is 16. The fourth-order valence-corrected chi connectivity index (χ4v) is 6.91. The van der Waals surface area contributed by atoms with E-state index in [4.69, 9.17) is 23.3 Å². The highest BCUT2D eigenvalue weighted by atomic mass is 31.2. The minimum Gasteiger partial charge on any atom is -0.463 e. The smallest absolute Gasteiger partial charge is 0.463 e. The zero-order valence-corrected chi connectivity index (χ0v) is 29.8. The van der Waals surface area contributed by atoms with Gasteiger partial charge in [-0.1, -0.05) is 90.4 Å². The van der Waals surface area contributed by atoms with Crippen LogP contribution in [0.25, 0.3) is 0 Å². The first kappa shape index (κ1) is 45.3. The van der Waals surface area contributed by atoms with Crippen LogP contribution < -0.4 is 0 Å². The molecule has 0 aromatic heterocycles. The maximum Gasteiger partial charge on any atom is 0.472 e. The van der Waals surface area contributed by atoms with Crippen molar-refractivity contribution in [3.63, 3.8) is 0 Å². The van der Waals surface area contributed by atoms with Gasteiger partial charge in [0.2, 0.25) is 0 Å². The Morgan fingerprint density at radius 1 is 0.680 bits per heavy atom. The van der Waals surface area contributed by atoms with Crippen LogP contribution in [0.2, 0.25) is 0 Å². The Hall–Kier alpha value is -0.860. The van der Waals surface area contributed by atoms with Crippen LogP contribution in [0.3, 0.4) is 0 Å². The van der Waals surface area contributed by atoms with Crippen LogP contribution in [0.1, 0.15) is 103 Å². The fourth-order valence-electron chi connectivity index (χ4n) is 5.93. The second kappa shape index (κ2) is 23.7. The SMILES string of the molecule is CCCCCCCCCCCCCCCCC(=O)OC[C@@H](O)COP(=O)(O)O[C@@H]1C(O)C(O)[C@@H](O)C(O)[C@H]1O[C@H]1OC(CO)[C@@H](O)C(O)[C@H]1O. The van der Waals surface area contributed by atoms with Crippen molar-refractivity contribution in [1.29, 1.82) is 0 Å². The standard InChI is InChI=1S/C32H61O17P/c1-2-3-4-5-6-7-8-9-10-11-12-13-14-15-16-22(35)45-18-20(34)19-46-50(43,44)49-31-28(41)26(39)25(38)27(40)30(31)48-32-29(42)24(37)23(36)21(17-33)47-32/h20-21,23-34,36-42H,2-19H2,1H3,(H,43,44)/t20-,21?,23-,24?,25-,26?,27?,28?,29-,30-,31-,32-/m1/s1. The number of ether oxygens (including phenoxy) is 3. The summed E-state index contributed by atoms with van der Waals surface area (Å²) in [4.78, 5) is 22.4. The topological polar surface area (TPSA) is 283 Å². The molecule has 17 nitrogen and oxygen atoms in total. The number of carbonyl (C=O) groups excluding carboxylic acids is 1. The Balaban J connectivity index is 1.72. The van der Waals surface area contributed by atoms with Crippen molar-refractivity contribution in [2.75, 3.05) is 19.8 Å². The molecule has 0 aromatic carbocycles. The van der Waals surface area contributed by atoms with E-state index in [0.29, 0.717) is 6.42 Å². The summed E-state index contributed by atoms with van der Waals surface area (Å²) in [5, 5.41) is 91.2. The quantitative estimate of drug-likeness (QED) is 0.0332. The number of carbonyl (C=O) groups is 1. The first-order chi connectivity index (χ1) is 23.7. The van der Waals surface area contributed by atoms with Gasteiger partial charge in [-0.25, -0.2) is 4.57 Å². The van der Waals surface area contributed by atoms with E-state index in [0.717, 1.165) is 19.3 Å². The molecule has 1 saturated heterocycles. The van der Waals surface area contributed by atoms with Gasteiger partial charge in [0.05, 0.1) is 13.2 Å². The third-order valence-corrected chi connectivity index (χ3v) is 10.0. The van der Waals surface area contributed by atoms with Crippen LogP contribution >= 0.6 is 7.82 Å². The van der Waals surface area contributed by atoms with E-state index in [1.807, 2.05) is 0 Å². The van der Waals surface area contributed by atoms with Crippen molar-refractivity contribution >= 4 is 13.8 Å². The summed E-state index contributed by atoms with van der Waals surface area (Å²) in [6, 6.07) is 0. The molecule has 50 heavy (non-hydrogen) atoms. The molecule has 0 bridgehead atoms. The molecular formula is C32H61O17P. The van der Waals surface area contributed by atoms with Gasteiger partial charge in [0, 0.05) is 6.42 Å². The molecule has 1 saturated carbocycles. The Morgan fingerprint density at radius 3 is 1.68 bits per heavy atom. The van der Waals surface area contributed by atoms with E-state index >= 15 is 0 Å². The molecule has 296 valence electrons. The fraction of sp³-hybridized carbons (Fsp3) is 0.969. The van der Waals surface area contributed by atoms with Gasteiger partial charge in [0.15, 0.2) is 6.29 Å².